The number of ether oxygens (including phenoxy) is 3. The van der Waals surface area contributed by atoms with E-state index in [0.717, 1.165) is 0 Å². The van der Waals surface area contributed by atoms with Crippen LogP contribution in [0.15, 0.2) is 0 Å². The van der Waals surface area contributed by atoms with Gasteiger partial charge < -0.3 is 76.1 Å². The third-order valence-corrected chi connectivity index (χ3v) is 17.9. The number of nitrogens with two attached hydrogens (primary N) is 9. The Morgan fingerprint density at radius 3 is 1.02 bits per heavy atom. The summed E-state index contributed by atoms with van der Waals surface area (Å²) in [5.74, 6) is -8.95. The van der Waals surface area contributed by atoms with E-state index in [9.17, 15) is 75.0 Å². The molecule has 5 fully saturated rings. The first-order valence-corrected chi connectivity index (χ1v) is 28.0. The summed E-state index contributed by atoms with van der Waals surface area (Å²) in [6, 6.07) is -4.36. The summed E-state index contributed by atoms with van der Waals surface area (Å²) in [7, 11) is 0. The van der Waals surface area contributed by atoms with Gasteiger partial charge in [-0.2, -0.15) is 0 Å². The molecule has 1 amide bonds. The Hall–Kier alpha value is -8.89. The number of nitrogens with one attached hydrogen (secondary N) is 12. The van der Waals surface area contributed by atoms with Crippen LogP contribution in [0.1, 0.15) is 51.4 Å². The molecule has 44 heteroatoms. The van der Waals surface area contributed by atoms with Crippen LogP contribution in [0.5, 0.6) is 0 Å². The Labute approximate surface area is 501 Å². The molecular formula is C45H81N25O19+8. The number of carbonyl (C=O) groups excluding carboxylic acids is 4. The van der Waals surface area contributed by atoms with Crippen molar-refractivity contribution < 1.29 is 133 Å². The van der Waals surface area contributed by atoms with Crippen molar-refractivity contribution in [3.05, 3.63) is 0 Å². The fourth-order valence-corrected chi connectivity index (χ4v) is 14.0. The van der Waals surface area contributed by atoms with E-state index in [1.807, 2.05) is 0 Å². The van der Waals surface area contributed by atoms with Gasteiger partial charge in [0.2, 0.25) is 23.1 Å². The molecule has 0 bridgehead atoms. The smallest absolute Gasteiger partial charge is 0.404 e. The van der Waals surface area contributed by atoms with Gasteiger partial charge in [-0.05, 0) is 0 Å². The fourth-order valence-electron chi connectivity index (χ4n) is 14.0. The summed E-state index contributed by atoms with van der Waals surface area (Å²) in [5.41, 5.74) is 46.5. The van der Waals surface area contributed by atoms with Crippen LogP contribution in [-0.2, 0) is 33.4 Å². The van der Waals surface area contributed by atoms with Crippen LogP contribution in [0, 0.1) is 0 Å². The number of nitrogens with zero attached hydrogens (tertiary/aromatic N) is 4. The molecule has 41 N–H and O–H groups in total. The maximum absolute atomic E-state index is 11.7. The summed E-state index contributed by atoms with van der Waals surface area (Å²) in [4.78, 5) is 64.7. The number of aliphatic carboxylic acids is 1. The first-order chi connectivity index (χ1) is 41.6. The van der Waals surface area contributed by atoms with E-state index in [-0.39, 0.29) is 120 Å². The van der Waals surface area contributed by atoms with Crippen molar-refractivity contribution in [3.63, 3.8) is 0 Å². The van der Waals surface area contributed by atoms with Gasteiger partial charge in [-0.15, -0.1) is 0 Å². The lowest BCUT2D eigenvalue weighted by Gasteiger charge is -2.40. The number of carboxylic acids is 1. The molecule has 4 spiro atoms. The van der Waals surface area contributed by atoms with E-state index >= 15 is 0 Å². The highest BCUT2D eigenvalue weighted by Gasteiger charge is 2.78. The molecule has 0 aromatic rings. The minimum absolute atomic E-state index is 0.0406. The Bertz CT molecular complexity index is 3090. The molecular weight excluding hydrogens is 1190 g/mol. The summed E-state index contributed by atoms with van der Waals surface area (Å²) >= 11 is 0. The van der Waals surface area contributed by atoms with Crippen LogP contribution < -0.4 is 114 Å². The van der Waals surface area contributed by atoms with Gasteiger partial charge in [0.05, 0.1) is 65.1 Å². The molecule has 0 saturated carbocycles. The van der Waals surface area contributed by atoms with Crippen LogP contribution in [0.4, 0.5) is 4.79 Å². The predicted octanol–water partition coefficient (Wildman–Crippen LogP) is -25.9. The van der Waals surface area contributed by atoms with Gasteiger partial charge in [0.1, 0.15) is 37.4 Å². The number of hydrogen-bond donors (Lipinski definition) is 32. The molecule has 13 aliphatic rings. The molecule has 89 heavy (non-hydrogen) atoms. The lowest BCUT2D eigenvalue weighted by Crippen LogP contribution is -2.91. The molecule has 0 aliphatic carbocycles. The first kappa shape index (κ1) is 64.6. The van der Waals surface area contributed by atoms with E-state index in [2.05, 4.69) is 67.2 Å². The number of guanidine groups is 8. The number of aliphatic hydroxyl groups excluding tert-OH is 2. The minimum Gasteiger partial charge on any atom is -0.481 e. The highest BCUT2D eigenvalue weighted by Crippen LogP contribution is 2.40. The second kappa shape index (κ2) is 22.9. The predicted molar refractivity (Wildman–Crippen MR) is 289 cm³/mol. The summed E-state index contributed by atoms with van der Waals surface area (Å²) in [5, 5.41) is 134. The average Bonchev–Trinajstić information content (AvgIpc) is 1.60. The van der Waals surface area contributed by atoms with Crippen molar-refractivity contribution in [2.24, 2.45) is 51.6 Å². The maximum atomic E-state index is 11.7. The van der Waals surface area contributed by atoms with Crippen LogP contribution in [0.3, 0.4) is 0 Å². The van der Waals surface area contributed by atoms with E-state index in [0.29, 0.717) is 31.6 Å². The van der Waals surface area contributed by atoms with Gasteiger partial charge in [0.25, 0.3) is 22.7 Å². The second-order valence-electron chi connectivity index (χ2n) is 23.0. The monoisotopic (exact) mass is 1280 g/mol. The van der Waals surface area contributed by atoms with Crippen LogP contribution in [0.2, 0.25) is 0 Å². The SMILES string of the molecule is NC(=O)OCC1NC(N)=[N+]2CCC(O)(O)C23NC(N)=[NH+]C13.NC1=[NH+]C2C(CO)NC(N)=[N+]3CCC(O)(O)C23N1.NC1=[NH+]C2C(CO)NC(N)=[N+]3CCC(O)(O)C23N1.NC1=[NH+]C2C(COC(=O)CCC(=O)O)NC(N)=[N+]3CCC(O)(O)C23N1.O=C1CCC(=O)O1. The Kier molecular flexibility index (Phi) is 16.6. The number of aliphatic hydroxyl groups is 10. The molecule has 0 aromatic carbocycles. The number of primary amides is 1. The first-order valence-electron chi connectivity index (χ1n) is 28.0. The lowest BCUT2D eigenvalue weighted by atomic mass is 9.87. The Morgan fingerprint density at radius 1 is 0.483 bits per heavy atom. The van der Waals surface area contributed by atoms with Crippen molar-refractivity contribution >= 4 is 77.6 Å². The highest BCUT2D eigenvalue weighted by molar-refractivity contribution is 5.92. The third-order valence-electron chi connectivity index (χ3n) is 17.9. The summed E-state index contributed by atoms with van der Waals surface area (Å²) < 4.78 is 20.4. The van der Waals surface area contributed by atoms with Gasteiger partial charge in [0.15, 0.2) is 24.2 Å². The third kappa shape index (κ3) is 10.6. The molecule has 13 heterocycles. The zero-order valence-corrected chi connectivity index (χ0v) is 47.6. The Balaban J connectivity index is 0.000000137. The molecule has 492 valence electrons. The van der Waals surface area contributed by atoms with Gasteiger partial charge >= 0.3 is 77.6 Å². The number of cyclic esters (lactones) is 2. The average molecular weight is 1280 g/mol. The molecule has 12 atom stereocenters. The van der Waals surface area contributed by atoms with Crippen molar-refractivity contribution in [2.75, 3.05) is 52.6 Å². The molecule has 13 rings (SSSR count). The highest BCUT2D eigenvalue weighted by atomic mass is 16.6. The minimum atomic E-state index is -2.12. The maximum Gasteiger partial charge on any atom is 0.404 e. The molecule has 12 unspecified atom stereocenters. The molecule has 13 aliphatic heterocycles. The number of rotatable bonds is 9. The van der Waals surface area contributed by atoms with Gasteiger partial charge in [-0.1, -0.05) is 0 Å². The van der Waals surface area contributed by atoms with Crippen molar-refractivity contribution in [1.29, 1.82) is 0 Å². The molecule has 0 aromatic heterocycles. The molecule has 5 saturated heterocycles. The van der Waals surface area contributed by atoms with Gasteiger partial charge in [-0.3, -0.25) is 106 Å². The van der Waals surface area contributed by atoms with Crippen molar-refractivity contribution in [1.82, 2.24) is 42.5 Å². The number of carbonyl (C=O) groups is 5. The topological polar surface area (TPSA) is 734 Å². The number of hydrogen-bond acceptors (Lipinski definition) is 34. The van der Waals surface area contributed by atoms with Crippen molar-refractivity contribution in [2.45, 2.75) is 146 Å². The standard InChI is InChI=1S/C13H20N6O6.C10H17N7O4.2C9H16N6O3.C4H4O3/c14-10-17-9-6(5-25-8(22)2-1-7(20)21)16-11(15)19-4-3-12(23,24)13(9,19)18-10;11-6-15-5-4(3-21-8(13)18)14-7(12)17-2-1-9(19,20)10(5,17)16-6;2*10-6-13-5-4(3-16)12-7(11)15-2-1-8(17,18)9(5,15)14-6;5-3-1-2-4(6)7-3/h6,9,23-24H,1-5H2,(H6,14,15,16,17,18,20,21);4-5,19-20H,1-3H2,(H7,11,12,13,14,15,16,18);2*4-5,16-18H,1-3H2,(H5,10,11,12,13,14);1-2H2/p+8. The van der Waals surface area contributed by atoms with Crippen LogP contribution >= 0.6 is 0 Å². The lowest BCUT2D eigenvalue weighted by molar-refractivity contribution is -0.674. The van der Waals surface area contributed by atoms with Crippen molar-refractivity contribution in [3.8, 4) is 0 Å². The van der Waals surface area contributed by atoms with Crippen LogP contribution in [0.25, 0.3) is 0 Å². The largest absolute Gasteiger partial charge is 0.481 e. The van der Waals surface area contributed by atoms with E-state index in [4.69, 9.17) is 66.2 Å². The zero-order chi connectivity index (χ0) is 65.4. The van der Waals surface area contributed by atoms with Gasteiger partial charge in [0, 0.05) is 25.7 Å². The Morgan fingerprint density at radius 2 is 0.764 bits per heavy atom. The summed E-state index contributed by atoms with van der Waals surface area (Å²) in [6.07, 6.45) is -0.609. The normalized spacial score (nSPS) is 35.6. The van der Waals surface area contributed by atoms with E-state index in [1.165, 1.54) is 0 Å². The molecule has 0 radical (unpaired) electrons. The molecule has 44 nitrogen and oxygen atoms in total. The second-order valence-corrected chi connectivity index (χ2v) is 23.0. The number of carboxylic acid groups (broad SMARTS) is 1. The quantitative estimate of drug-likeness (QED) is 0.0335. The summed E-state index contributed by atoms with van der Waals surface area (Å²) in [6.45, 7) is 0.692. The number of amides is 1. The zero-order valence-electron chi connectivity index (χ0n) is 47.6. The van der Waals surface area contributed by atoms with E-state index in [1.54, 1.807) is 18.3 Å². The fraction of sp³-hybridized carbons (Fsp3) is 0.711. The van der Waals surface area contributed by atoms with E-state index < -0.39 is 124 Å². The van der Waals surface area contributed by atoms with Gasteiger partial charge in [-0.25, -0.2) is 44.4 Å². The van der Waals surface area contributed by atoms with Crippen LogP contribution in [-0.4, -0.2) is 299 Å². The number of esters is 3.